The summed E-state index contributed by atoms with van der Waals surface area (Å²) in [7, 11) is 1.45. The number of benzene rings is 1. The molecule has 27 heavy (non-hydrogen) atoms. The van der Waals surface area contributed by atoms with Gasteiger partial charge in [-0.25, -0.2) is 0 Å². The number of carbonyl (C=O) groups is 1. The number of aryl methyl sites for hydroxylation is 2. The molecule has 9 heteroatoms. The van der Waals surface area contributed by atoms with Crippen molar-refractivity contribution in [3.8, 4) is 5.75 Å². The van der Waals surface area contributed by atoms with Gasteiger partial charge in [0.15, 0.2) is 5.69 Å². The average Bonchev–Trinajstić information content (AvgIpc) is 2.95. The molecule has 146 valence electrons. The molecule has 1 aliphatic rings. The number of halogens is 3. The molecule has 1 aromatic carbocycles. The van der Waals surface area contributed by atoms with Crippen LogP contribution in [0.25, 0.3) is 0 Å². The van der Waals surface area contributed by atoms with E-state index < -0.39 is 23.3 Å². The Morgan fingerprint density at radius 2 is 2.15 bits per heavy atom. The monoisotopic (exact) mass is 382 g/mol. The molecular formula is C18H21F3N4O2. The first-order valence-corrected chi connectivity index (χ1v) is 8.74. The van der Waals surface area contributed by atoms with Crippen LogP contribution in [0, 0.1) is 0 Å². The van der Waals surface area contributed by atoms with Crippen molar-refractivity contribution in [2.24, 2.45) is 0 Å². The van der Waals surface area contributed by atoms with Crippen LogP contribution in [0.5, 0.6) is 5.75 Å². The van der Waals surface area contributed by atoms with Crippen molar-refractivity contribution in [3.63, 3.8) is 0 Å². The fraction of sp³-hybridized carbons (Fsp3) is 0.444. The minimum atomic E-state index is -4.71. The highest BCUT2D eigenvalue weighted by atomic mass is 19.4. The third kappa shape index (κ3) is 4.01. The highest BCUT2D eigenvalue weighted by Gasteiger charge is 2.39. The van der Waals surface area contributed by atoms with Crippen molar-refractivity contribution in [2.45, 2.75) is 38.9 Å². The number of aromatic nitrogens is 2. The van der Waals surface area contributed by atoms with E-state index in [-0.39, 0.29) is 6.54 Å². The molecule has 0 bridgehead atoms. The maximum Gasteiger partial charge on any atom is 0.435 e. The van der Waals surface area contributed by atoms with Gasteiger partial charge in [0.05, 0.1) is 18.4 Å². The second-order valence-electron chi connectivity index (χ2n) is 6.29. The minimum absolute atomic E-state index is 0.226. The normalized spacial score (nSPS) is 14.1. The van der Waals surface area contributed by atoms with E-state index in [1.165, 1.54) is 7.11 Å². The molecule has 1 aromatic heterocycles. The fourth-order valence-corrected chi connectivity index (χ4v) is 3.07. The highest BCUT2D eigenvalue weighted by molar-refractivity contribution is 6.06. The summed E-state index contributed by atoms with van der Waals surface area (Å²) >= 11 is 0. The van der Waals surface area contributed by atoms with Crippen LogP contribution in [-0.2, 0) is 19.1 Å². The molecule has 0 aliphatic carbocycles. The zero-order valence-corrected chi connectivity index (χ0v) is 15.1. The van der Waals surface area contributed by atoms with Crippen LogP contribution in [0.2, 0.25) is 0 Å². The van der Waals surface area contributed by atoms with Gasteiger partial charge in [-0.2, -0.15) is 18.3 Å². The summed E-state index contributed by atoms with van der Waals surface area (Å²) < 4.78 is 46.1. The third-order valence-corrected chi connectivity index (χ3v) is 4.46. The average molecular weight is 382 g/mol. The molecule has 0 radical (unpaired) electrons. The van der Waals surface area contributed by atoms with Crippen LogP contribution < -0.4 is 15.4 Å². The topological polar surface area (TPSA) is 68.2 Å². The van der Waals surface area contributed by atoms with Crippen molar-refractivity contribution in [2.75, 3.05) is 24.3 Å². The van der Waals surface area contributed by atoms with Gasteiger partial charge in [0, 0.05) is 31.0 Å². The van der Waals surface area contributed by atoms with Gasteiger partial charge in [-0.15, -0.1) is 0 Å². The predicted octanol–water partition coefficient (Wildman–Crippen LogP) is 3.93. The Morgan fingerprint density at radius 3 is 2.81 bits per heavy atom. The lowest BCUT2D eigenvalue weighted by Crippen LogP contribution is -2.18. The zero-order valence-electron chi connectivity index (χ0n) is 15.1. The molecule has 0 fully saturated rings. The van der Waals surface area contributed by atoms with Gasteiger partial charge in [0.1, 0.15) is 5.75 Å². The Hall–Kier alpha value is -2.71. The Balaban J connectivity index is 1.95. The smallest absolute Gasteiger partial charge is 0.435 e. The summed E-state index contributed by atoms with van der Waals surface area (Å²) in [5, 5.41) is 9.33. The van der Waals surface area contributed by atoms with Crippen LogP contribution in [0.15, 0.2) is 18.3 Å². The number of methoxy groups -OCH3 is 1. The summed E-state index contributed by atoms with van der Waals surface area (Å²) in [6, 6.07) is 3.51. The number of hydrogen-bond donors (Lipinski definition) is 2. The molecule has 0 saturated heterocycles. The van der Waals surface area contributed by atoms with E-state index in [9.17, 15) is 18.0 Å². The van der Waals surface area contributed by atoms with Crippen LogP contribution in [-0.4, -0.2) is 29.3 Å². The number of rotatable bonds is 4. The molecule has 1 amide bonds. The second kappa shape index (κ2) is 7.50. The SMILES string of the molecule is CCn1cc(C(=O)Nc2cc3c(cc2OC)NCCCC3)c(C(F)(F)F)n1. The van der Waals surface area contributed by atoms with E-state index in [0.29, 0.717) is 11.4 Å². The van der Waals surface area contributed by atoms with E-state index in [1.54, 1.807) is 19.1 Å². The zero-order chi connectivity index (χ0) is 19.6. The van der Waals surface area contributed by atoms with Gasteiger partial charge in [-0.05, 0) is 37.8 Å². The third-order valence-electron chi connectivity index (χ3n) is 4.46. The summed E-state index contributed by atoms with van der Waals surface area (Å²) in [5.41, 5.74) is 0.528. The number of anilines is 2. The molecule has 0 saturated carbocycles. The van der Waals surface area contributed by atoms with Crippen molar-refractivity contribution in [1.82, 2.24) is 9.78 Å². The van der Waals surface area contributed by atoms with Gasteiger partial charge in [0.2, 0.25) is 0 Å². The number of amides is 1. The predicted molar refractivity (Wildman–Crippen MR) is 95.3 cm³/mol. The first-order valence-electron chi connectivity index (χ1n) is 8.74. The van der Waals surface area contributed by atoms with Crippen molar-refractivity contribution >= 4 is 17.3 Å². The van der Waals surface area contributed by atoms with E-state index in [4.69, 9.17) is 4.74 Å². The highest BCUT2D eigenvalue weighted by Crippen LogP contribution is 2.35. The number of nitrogens with one attached hydrogen (secondary N) is 2. The van der Waals surface area contributed by atoms with Crippen molar-refractivity contribution < 1.29 is 22.7 Å². The van der Waals surface area contributed by atoms with E-state index >= 15 is 0 Å². The Morgan fingerprint density at radius 1 is 1.37 bits per heavy atom. The van der Waals surface area contributed by atoms with E-state index in [0.717, 1.165) is 47.9 Å². The Bertz CT molecular complexity index is 846. The Kier molecular flexibility index (Phi) is 5.29. The molecular weight excluding hydrogens is 361 g/mol. The second-order valence-corrected chi connectivity index (χ2v) is 6.29. The molecule has 0 spiro atoms. The molecule has 0 atom stereocenters. The molecule has 3 rings (SSSR count). The number of fused-ring (bicyclic) bond motifs is 1. The number of carbonyl (C=O) groups excluding carboxylic acids is 1. The van der Waals surface area contributed by atoms with Crippen LogP contribution in [0.1, 0.15) is 41.4 Å². The molecule has 6 nitrogen and oxygen atoms in total. The fourth-order valence-electron chi connectivity index (χ4n) is 3.07. The first-order chi connectivity index (χ1) is 12.8. The van der Waals surface area contributed by atoms with E-state index in [1.807, 2.05) is 0 Å². The molecule has 2 heterocycles. The number of ether oxygens (including phenoxy) is 1. The maximum atomic E-state index is 13.2. The summed E-state index contributed by atoms with van der Waals surface area (Å²) in [6.07, 6.45) is -0.785. The summed E-state index contributed by atoms with van der Waals surface area (Å²) in [5.74, 6) is -0.491. The first kappa shape index (κ1) is 19.1. The molecule has 2 aromatic rings. The number of nitrogens with zero attached hydrogens (tertiary/aromatic N) is 2. The van der Waals surface area contributed by atoms with Gasteiger partial charge in [-0.1, -0.05) is 0 Å². The molecule has 0 unspecified atom stereocenters. The van der Waals surface area contributed by atoms with Crippen LogP contribution in [0.4, 0.5) is 24.5 Å². The van der Waals surface area contributed by atoms with Crippen LogP contribution >= 0.6 is 0 Å². The van der Waals surface area contributed by atoms with Crippen LogP contribution in [0.3, 0.4) is 0 Å². The number of hydrogen-bond acceptors (Lipinski definition) is 4. The Labute approximate surface area is 154 Å². The molecule has 2 N–H and O–H groups in total. The lowest BCUT2D eigenvalue weighted by Gasteiger charge is -2.15. The van der Waals surface area contributed by atoms with Gasteiger partial charge < -0.3 is 15.4 Å². The summed E-state index contributed by atoms with van der Waals surface area (Å²) in [4.78, 5) is 12.6. The summed E-state index contributed by atoms with van der Waals surface area (Å²) in [6.45, 7) is 2.72. The lowest BCUT2D eigenvalue weighted by molar-refractivity contribution is -0.141. The largest absolute Gasteiger partial charge is 0.494 e. The number of alkyl halides is 3. The van der Waals surface area contributed by atoms with Crippen molar-refractivity contribution in [1.29, 1.82) is 0 Å². The van der Waals surface area contributed by atoms with Gasteiger partial charge in [-0.3, -0.25) is 9.48 Å². The standard InChI is InChI=1S/C18H21F3N4O2/c1-3-25-10-12(16(24-25)18(19,20)21)17(26)23-14-8-11-6-4-5-7-22-13(11)9-15(14)27-2/h8-10,22H,3-7H2,1-2H3,(H,23,26). The maximum absolute atomic E-state index is 13.2. The van der Waals surface area contributed by atoms with Gasteiger partial charge in [0.25, 0.3) is 5.91 Å². The van der Waals surface area contributed by atoms with Crippen molar-refractivity contribution in [3.05, 3.63) is 35.2 Å². The minimum Gasteiger partial charge on any atom is -0.494 e. The van der Waals surface area contributed by atoms with Gasteiger partial charge >= 0.3 is 6.18 Å². The molecule has 1 aliphatic heterocycles. The quantitative estimate of drug-likeness (QED) is 0.841. The lowest BCUT2D eigenvalue weighted by atomic mass is 10.1. The van der Waals surface area contributed by atoms with E-state index in [2.05, 4.69) is 15.7 Å².